The van der Waals surface area contributed by atoms with E-state index >= 15 is 0 Å². The zero-order chi connectivity index (χ0) is 20.1. The molecule has 1 saturated heterocycles. The number of ether oxygens (including phenoxy) is 1. The fraction of sp³-hybridized carbons (Fsp3) is 0.208. The molecule has 3 N–H and O–H groups in total. The highest BCUT2D eigenvalue weighted by molar-refractivity contribution is 5.98. The van der Waals surface area contributed by atoms with Crippen LogP contribution in [0.25, 0.3) is 0 Å². The summed E-state index contributed by atoms with van der Waals surface area (Å²) < 4.78 is 5.41. The third-order valence-electron chi connectivity index (χ3n) is 5.17. The number of nitrogens with two attached hydrogens (primary N) is 1. The van der Waals surface area contributed by atoms with Gasteiger partial charge in [0.15, 0.2) is 0 Å². The number of amides is 1. The minimum absolute atomic E-state index is 0.0825. The van der Waals surface area contributed by atoms with Gasteiger partial charge in [0.1, 0.15) is 0 Å². The van der Waals surface area contributed by atoms with E-state index in [0.29, 0.717) is 24.6 Å². The molecule has 0 bridgehead atoms. The first kappa shape index (κ1) is 19.0. The SMILES string of the molecule is Nc1cc(NC(=O)C(c2ccccc2)c2ccccc2)ccc1N1CCOCC1. The number of nitrogen functional groups attached to an aromatic ring is 1. The molecule has 29 heavy (non-hydrogen) atoms. The summed E-state index contributed by atoms with van der Waals surface area (Å²) in [5.41, 5.74) is 10.5. The molecule has 0 aromatic heterocycles. The van der Waals surface area contributed by atoms with Crippen molar-refractivity contribution in [1.82, 2.24) is 0 Å². The van der Waals surface area contributed by atoms with E-state index in [1.165, 1.54) is 0 Å². The largest absolute Gasteiger partial charge is 0.397 e. The molecule has 1 heterocycles. The predicted octanol–water partition coefficient (Wildman–Crippen LogP) is 3.88. The smallest absolute Gasteiger partial charge is 0.236 e. The van der Waals surface area contributed by atoms with Gasteiger partial charge in [0.2, 0.25) is 5.91 Å². The molecule has 1 amide bonds. The van der Waals surface area contributed by atoms with Gasteiger partial charge in [0.25, 0.3) is 0 Å². The number of hydrogen-bond acceptors (Lipinski definition) is 4. The number of rotatable bonds is 5. The summed E-state index contributed by atoms with van der Waals surface area (Å²) in [4.78, 5) is 15.4. The molecule has 1 fully saturated rings. The van der Waals surface area contributed by atoms with Crippen LogP contribution in [0.3, 0.4) is 0 Å². The Kier molecular flexibility index (Phi) is 5.77. The lowest BCUT2D eigenvalue weighted by Crippen LogP contribution is -2.36. The summed E-state index contributed by atoms with van der Waals surface area (Å²) in [6.45, 7) is 3.04. The van der Waals surface area contributed by atoms with Crippen LogP contribution < -0.4 is 16.0 Å². The van der Waals surface area contributed by atoms with Crippen molar-refractivity contribution in [2.24, 2.45) is 0 Å². The molecule has 0 saturated carbocycles. The van der Waals surface area contributed by atoms with E-state index in [-0.39, 0.29) is 5.91 Å². The first-order chi connectivity index (χ1) is 14.2. The Labute approximate surface area is 171 Å². The third kappa shape index (κ3) is 4.41. The van der Waals surface area contributed by atoms with E-state index in [2.05, 4.69) is 10.2 Å². The Bertz CT molecular complexity index is 915. The summed E-state index contributed by atoms with van der Waals surface area (Å²) in [6.07, 6.45) is 0. The van der Waals surface area contributed by atoms with Gasteiger partial charge in [-0.05, 0) is 29.3 Å². The molecule has 4 rings (SSSR count). The summed E-state index contributed by atoms with van der Waals surface area (Å²) in [5, 5.41) is 3.05. The van der Waals surface area contributed by atoms with Crippen molar-refractivity contribution in [2.75, 3.05) is 42.3 Å². The van der Waals surface area contributed by atoms with E-state index < -0.39 is 5.92 Å². The van der Waals surface area contributed by atoms with Crippen molar-refractivity contribution in [3.63, 3.8) is 0 Å². The van der Waals surface area contributed by atoms with Gasteiger partial charge in [-0.25, -0.2) is 0 Å². The van der Waals surface area contributed by atoms with Crippen molar-refractivity contribution in [2.45, 2.75) is 5.92 Å². The summed E-state index contributed by atoms with van der Waals surface area (Å²) in [6, 6.07) is 25.3. The second-order valence-electron chi connectivity index (χ2n) is 7.12. The maximum Gasteiger partial charge on any atom is 0.236 e. The van der Waals surface area contributed by atoms with E-state index in [0.717, 1.165) is 29.9 Å². The number of carbonyl (C=O) groups is 1. The Hall–Kier alpha value is -3.31. The predicted molar refractivity (Wildman–Crippen MR) is 117 cm³/mol. The number of morpholine rings is 1. The Morgan fingerprint density at radius 2 is 1.48 bits per heavy atom. The van der Waals surface area contributed by atoms with Gasteiger partial charge < -0.3 is 20.7 Å². The lowest BCUT2D eigenvalue weighted by molar-refractivity contribution is -0.116. The molecule has 1 aliphatic heterocycles. The van der Waals surface area contributed by atoms with Gasteiger partial charge >= 0.3 is 0 Å². The van der Waals surface area contributed by atoms with Gasteiger partial charge in [-0.1, -0.05) is 60.7 Å². The topological polar surface area (TPSA) is 67.6 Å². The molecule has 3 aromatic rings. The van der Waals surface area contributed by atoms with E-state index in [4.69, 9.17) is 10.5 Å². The monoisotopic (exact) mass is 387 g/mol. The van der Waals surface area contributed by atoms with Crippen molar-refractivity contribution in [3.8, 4) is 0 Å². The summed E-state index contributed by atoms with van der Waals surface area (Å²) in [7, 11) is 0. The molecule has 0 spiro atoms. The molecule has 0 radical (unpaired) electrons. The van der Waals surface area contributed by atoms with Crippen molar-refractivity contribution < 1.29 is 9.53 Å². The summed E-state index contributed by atoms with van der Waals surface area (Å²) >= 11 is 0. The van der Waals surface area contributed by atoms with Crippen LogP contribution in [0, 0.1) is 0 Å². The molecular formula is C24H25N3O2. The van der Waals surface area contributed by atoms with Crippen LogP contribution in [-0.2, 0) is 9.53 Å². The van der Waals surface area contributed by atoms with Crippen LogP contribution in [0.1, 0.15) is 17.0 Å². The Morgan fingerprint density at radius 1 is 0.897 bits per heavy atom. The van der Waals surface area contributed by atoms with Gasteiger partial charge in [0, 0.05) is 18.8 Å². The van der Waals surface area contributed by atoms with Crippen LogP contribution in [0.5, 0.6) is 0 Å². The highest BCUT2D eigenvalue weighted by Crippen LogP contribution is 2.30. The number of carbonyl (C=O) groups excluding carboxylic acids is 1. The average Bonchev–Trinajstić information content (AvgIpc) is 2.76. The number of anilines is 3. The molecule has 148 valence electrons. The zero-order valence-electron chi connectivity index (χ0n) is 16.3. The first-order valence-electron chi connectivity index (χ1n) is 9.85. The molecule has 0 unspecified atom stereocenters. The minimum Gasteiger partial charge on any atom is -0.397 e. The van der Waals surface area contributed by atoms with Gasteiger partial charge in [-0.2, -0.15) is 0 Å². The second kappa shape index (κ2) is 8.80. The van der Waals surface area contributed by atoms with Crippen LogP contribution in [0.2, 0.25) is 0 Å². The minimum atomic E-state index is -0.391. The molecular weight excluding hydrogens is 362 g/mol. The molecule has 5 heteroatoms. The van der Waals surface area contributed by atoms with E-state index in [1.54, 1.807) is 0 Å². The summed E-state index contributed by atoms with van der Waals surface area (Å²) in [5.74, 6) is -0.474. The lowest BCUT2D eigenvalue weighted by Gasteiger charge is -2.30. The highest BCUT2D eigenvalue weighted by Gasteiger charge is 2.23. The maximum absolute atomic E-state index is 13.2. The number of benzene rings is 3. The van der Waals surface area contributed by atoms with E-state index in [1.807, 2.05) is 78.9 Å². The third-order valence-corrected chi connectivity index (χ3v) is 5.17. The fourth-order valence-electron chi connectivity index (χ4n) is 3.73. The fourth-order valence-corrected chi connectivity index (χ4v) is 3.73. The standard InChI is InChI=1S/C24H25N3O2/c25-21-17-20(11-12-22(21)27-13-15-29-16-14-27)26-24(28)23(18-7-3-1-4-8-18)19-9-5-2-6-10-19/h1-12,17,23H,13-16,25H2,(H,26,28). The van der Waals surface area contributed by atoms with E-state index in [9.17, 15) is 4.79 Å². The number of hydrogen-bond donors (Lipinski definition) is 2. The first-order valence-corrected chi connectivity index (χ1v) is 9.85. The molecule has 1 aliphatic rings. The van der Waals surface area contributed by atoms with Gasteiger partial charge in [-0.3, -0.25) is 4.79 Å². The van der Waals surface area contributed by atoms with Crippen molar-refractivity contribution >= 4 is 23.0 Å². The second-order valence-corrected chi connectivity index (χ2v) is 7.12. The molecule has 0 atom stereocenters. The quantitative estimate of drug-likeness (QED) is 0.652. The Morgan fingerprint density at radius 3 is 2.03 bits per heavy atom. The Balaban J connectivity index is 1.57. The maximum atomic E-state index is 13.2. The van der Waals surface area contributed by atoms with Crippen LogP contribution >= 0.6 is 0 Å². The van der Waals surface area contributed by atoms with Gasteiger partial charge in [-0.15, -0.1) is 0 Å². The highest BCUT2D eigenvalue weighted by atomic mass is 16.5. The van der Waals surface area contributed by atoms with Crippen molar-refractivity contribution in [3.05, 3.63) is 90.0 Å². The molecule has 3 aromatic carbocycles. The molecule has 0 aliphatic carbocycles. The van der Waals surface area contributed by atoms with Crippen LogP contribution in [0.4, 0.5) is 17.1 Å². The van der Waals surface area contributed by atoms with Crippen LogP contribution in [-0.4, -0.2) is 32.2 Å². The lowest BCUT2D eigenvalue weighted by atomic mass is 9.90. The molecule has 5 nitrogen and oxygen atoms in total. The zero-order valence-corrected chi connectivity index (χ0v) is 16.3. The number of nitrogens with one attached hydrogen (secondary N) is 1. The average molecular weight is 387 g/mol. The van der Waals surface area contributed by atoms with Crippen LogP contribution in [0.15, 0.2) is 78.9 Å². The van der Waals surface area contributed by atoms with Gasteiger partial charge in [0.05, 0.1) is 30.5 Å². The van der Waals surface area contributed by atoms with Crippen molar-refractivity contribution in [1.29, 1.82) is 0 Å². The normalized spacial score (nSPS) is 14.0. The number of nitrogens with zero attached hydrogens (tertiary/aromatic N) is 1.